The van der Waals surface area contributed by atoms with E-state index in [9.17, 15) is 0 Å². The van der Waals surface area contributed by atoms with E-state index in [1.54, 1.807) is 11.3 Å². The van der Waals surface area contributed by atoms with Crippen molar-refractivity contribution < 1.29 is 9.15 Å². The molecule has 1 aliphatic heterocycles. The minimum atomic E-state index is 0.257. The summed E-state index contributed by atoms with van der Waals surface area (Å²) in [7, 11) is 1.96. The lowest BCUT2D eigenvalue weighted by Crippen LogP contribution is -2.45. The highest BCUT2D eigenvalue weighted by Gasteiger charge is 2.22. The van der Waals surface area contributed by atoms with Crippen LogP contribution in [0.3, 0.4) is 0 Å². The predicted molar refractivity (Wildman–Crippen MR) is 83.5 cm³/mol. The molecule has 114 valence electrons. The van der Waals surface area contributed by atoms with Crippen LogP contribution < -0.4 is 5.32 Å². The first-order valence-electron chi connectivity index (χ1n) is 7.25. The predicted octanol–water partition coefficient (Wildman–Crippen LogP) is 2.13. The minimum Gasteiger partial charge on any atom is -0.440 e. The second-order valence-electron chi connectivity index (χ2n) is 5.28. The fraction of sp³-hybridized carbons (Fsp3) is 0.533. The number of morpholine rings is 1. The van der Waals surface area contributed by atoms with Gasteiger partial charge in [-0.2, -0.15) is 0 Å². The molecule has 0 aromatic carbocycles. The summed E-state index contributed by atoms with van der Waals surface area (Å²) in [5, 5.41) is 5.21. The number of hydrogen-bond donors (Lipinski definition) is 1. The Bertz CT molecular complexity index is 565. The van der Waals surface area contributed by atoms with Crippen molar-refractivity contribution in [3.63, 3.8) is 0 Å². The second-order valence-corrected chi connectivity index (χ2v) is 6.23. The van der Waals surface area contributed by atoms with E-state index in [4.69, 9.17) is 9.15 Å². The Morgan fingerprint density at radius 2 is 2.43 bits per heavy atom. The van der Waals surface area contributed by atoms with Crippen LogP contribution in [0, 0.1) is 6.92 Å². The van der Waals surface area contributed by atoms with E-state index < -0.39 is 0 Å². The normalized spacial score (nSPS) is 20.0. The van der Waals surface area contributed by atoms with Crippen molar-refractivity contribution in [3.8, 4) is 10.8 Å². The summed E-state index contributed by atoms with van der Waals surface area (Å²) >= 11 is 1.65. The molecular weight excluding hydrogens is 286 g/mol. The number of aryl methyl sites for hydroxylation is 1. The summed E-state index contributed by atoms with van der Waals surface area (Å²) in [5.74, 6) is 1.65. The Hall–Kier alpha value is -1.21. The van der Waals surface area contributed by atoms with Crippen LogP contribution in [0.4, 0.5) is 0 Å². The topological polar surface area (TPSA) is 50.5 Å². The number of likely N-dealkylation sites (N-methyl/N-ethyl adjacent to an activating group) is 1. The number of oxazole rings is 1. The van der Waals surface area contributed by atoms with Crippen molar-refractivity contribution >= 4 is 11.3 Å². The van der Waals surface area contributed by atoms with E-state index >= 15 is 0 Å². The molecule has 1 aliphatic rings. The molecule has 0 spiro atoms. The first-order valence-corrected chi connectivity index (χ1v) is 8.13. The first-order chi connectivity index (χ1) is 10.3. The van der Waals surface area contributed by atoms with Gasteiger partial charge in [0.25, 0.3) is 0 Å². The average Bonchev–Trinajstić information content (AvgIpc) is 3.10. The van der Waals surface area contributed by atoms with Gasteiger partial charge in [0.2, 0.25) is 5.89 Å². The quantitative estimate of drug-likeness (QED) is 0.917. The molecule has 6 heteroatoms. The molecule has 0 aliphatic carbocycles. The fourth-order valence-electron chi connectivity index (χ4n) is 2.57. The molecule has 0 saturated carbocycles. The van der Waals surface area contributed by atoms with Gasteiger partial charge >= 0.3 is 0 Å². The van der Waals surface area contributed by atoms with Gasteiger partial charge in [0.1, 0.15) is 5.76 Å². The number of thiophene rings is 1. The summed E-state index contributed by atoms with van der Waals surface area (Å²) < 4.78 is 11.5. The number of rotatable bonds is 5. The molecule has 2 aromatic rings. The molecule has 1 saturated heterocycles. The van der Waals surface area contributed by atoms with Crippen molar-refractivity contribution in [2.45, 2.75) is 19.6 Å². The van der Waals surface area contributed by atoms with Crippen molar-refractivity contribution in [1.82, 2.24) is 15.2 Å². The molecule has 3 heterocycles. The summed E-state index contributed by atoms with van der Waals surface area (Å²) in [4.78, 5) is 8.13. The Labute approximate surface area is 128 Å². The lowest BCUT2D eigenvalue weighted by atomic mass is 10.2. The number of nitrogens with zero attached hydrogens (tertiary/aromatic N) is 2. The van der Waals surface area contributed by atoms with Crippen molar-refractivity contribution in [2.75, 3.05) is 33.3 Å². The van der Waals surface area contributed by atoms with Crippen molar-refractivity contribution in [2.24, 2.45) is 0 Å². The summed E-state index contributed by atoms with van der Waals surface area (Å²) in [5.41, 5.74) is 1.03. The van der Waals surface area contributed by atoms with Crippen LogP contribution in [0.1, 0.15) is 11.5 Å². The van der Waals surface area contributed by atoms with E-state index in [1.165, 1.54) is 0 Å². The van der Waals surface area contributed by atoms with Crippen LogP contribution in [0.15, 0.2) is 21.9 Å². The molecule has 3 rings (SSSR count). The average molecular weight is 307 g/mol. The first kappa shape index (κ1) is 14.7. The van der Waals surface area contributed by atoms with Gasteiger partial charge in [0, 0.05) is 26.2 Å². The second kappa shape index (κ2) is 6.70. The van der Waals surface area contributed by atoms with Crippen LogP contribution in [-0.2, 0) is 11.3 Å². The zero-order valence-corrected chi connectivity index (χ0v) is 13.3. The maximum absolute atomic E-state index is 5.80. The molecule has 0 amide bonds. The Morgan fingerprint density at radius 3 is 3.19 bits per heavy atom. The number of ether oxygens (including phenoxy) is 1. The lowest BCUT2D eigenvalue weighted by Gasteiger charge is -2.32. The maximum Gasteiger partial charge on any atom is 0.236 e. The highest BCUT2D eigenvalue weighted by molar-refractivity contribution is 7.13. The van der Waals surface area contributed by atoms with Gasteiger partial charge in [-0.05, 0) is 25.4 Å². The highest BCUT2D eigenvalue weighted by Crippen LogP contribution is 2.26. The summed E-state index contributed by atoms with van der Waals surface area (Å²) in [6.45, 7) is 6.35. The summed E-state index contributed by atoms with van der Waals surface area (Å²) in [6.07, 6.45) is 0.257. The van der Waals surface area contributed by atoms with E-state index in [1.807, 2.05) is 31.5 Å². The standard InChI is InChI=1S/C15H21N3O2S/c1-11-13(17-15(20-11)14-4-3-7-21-14)10-18-5-6-19-12(9-18)8-16-2/h3-4,7,12,16H,5-6,8-10H2,1-2H3. The molecule has 1 N–H and O–H groups in total. The number of nitrogens with one attached hydrogen (secondary N) is 1. The number of aromatic nitrogens is 1. The summed E-state index contributed by atoms with van der Waals surface area (Å²) in [6, 6.07) is 4.06. The largest absolute Gasteiger partial charge is 0.440 e. The van der Waals surface area contributed by atoms with Gasteiger partial charge in [0.15, 0.2) is 0 Å². The molecule has 1 unspecified atom stereocenters. The van der Waals surface area contributed by atoms with E-state index in [0.29, 0.717) is 0 Å². The molecular formula is C15H21N3O2S. The van der Waals surface area contributed by atoms with Gasteiger partial charge in [-0.25, -0.2) is 4.98 Å². The van der Waals surface area contributed by atoms with Gasteiger partial charge in [-0.1, -0.05) is 6.07 Å². The fourth-order valence-corrected chi connectivity index (χ4v) is 3.22. The maximum atomic E-state index is 5.80. The van der Waals surface area contributed by atoms with Gasteiger partial charge in [0.05, 0.1) is 23.3 Å². The van der Waals surface area contributed by atoms with E-state index in [-0.39, 0.29) is 6.10 Å². The molecule has 1 fully saturated rings. The highest BCUT2D eigenvalue weighted by atomic mass is 32.1. The molecule has 2 aromatic heterocycles. The Kier molecular flexibility index (Phi) is 4.70. The van der Waals surface area contributed by atoms with Gasteiger partial charge < -0.3 is 14.5 Å². The minimum absolute atomic E-state index is 0.257. The third-order valence-corrected chi connectivity index (χ3v) is 4.51. The Morgan fingerprint density at radius 1 is 1.52 bits per heavy atom. The number of hydrogen-bond acceptors (Lipinski definition) is 6. The SMILES string of the molecule is CNCC1CN(Cc2nc(-c3cccs3)oc2C)CCO1. The zero-order chi connectivity index (χ0) is 14.7. The van der Waals surface area contributed by atoms with E-state index in [2.05, 4.69) is 15.2 Å². The van der Waals surface area contributed by atoms with Crippen LogP contribution in [0.25, 0.3) is 10.8 Å². The Balaban J connectivity index is 1.67. The van der Waals surface area contributed by atoms with Gasteiger partial charge in [-0.3, -0.25) is 4.90 Å². The van der Waals surface area contributed by atoms with Crippen LogP contribution in [0.2, 0.25) is 0 Å². The third kappa shape index (κ3) is 3.52. The van der Waals surface area contributed by atoms with Gasteiger partial charge in [-0.15, -0.1) is 11.3 Å². The van der Waals surface area contributed by atoms with Crippen LogP contribution in [0.5, 0.6) is 0 Å². The molecule has 0 bridgehead atoms. The van der Waals surface area contributed by atoms with Crippen molar-refractivity contribution in [1.29, 1.82) is 0 Å². The van der Waals surface area contributed by atoms with Crippen LogP contribution in [-0.4, -0.2) is 49.3 Å². The molecule has 1 atom stereocenters. The smallest absolute Gasteiger partial charge is 0.236 e. The molecule has 21 heavy (non-hydrogen) atoms. The van der Waals surface area contributed by atoms with E-state index in [0.717, 1.165) is 55.0 Å². The third-order valence-electron chi connectivity index (χ3n) is 3.65. The monoisotopic (exact) mass is 307 g/mol. The van der Waals surface area contributed by atoms with Crippen molar-refractivity contribution in [3.05, 3.63) is 29.0 Å². The van der Waals surface area contributed by atoms with Crippen LogP contribution >= 0.6 is 11.3 Å². The lowest BCUT2D eigenvalue weighted by molar-refractivity contribution is -0.0295. The molecule has 0 radical (unpaired) electrons. The zero-order valence-electron chi connectivity index (χ0n) is 12.5. The molecule has 5 nitrogen and oxygen atoms in total.